The molecule has 0 N–H and O–H groups in total. The highest BCUT2D eigenvalue weighted by atomic mass is 15.1. The maximum absolute atomic E-state index is 5.28. The molecule has 0 radical (unpaired) electrons. The van der Waals surface area contributed by atoms with Crippen molar-refractivity contribution in [1.29, 1.82) is 0 Å². The Morgan fingerprint density at radius 1 is 0.349 bits per heavy atom. The minimum Gasteiger partial charge on any atom is -0.309 e. The maximum atomic E-state index is 5.28. The van der Waals surface area contributed by atoms with Crippen LogP contribution >= 0.6 is 0 Å². The van der Waals surface area contributed by atoms with Crippen molar-refractivity contribution in [1.82, 2.24) is 23.3 Å². The van der Waals surface area contributed by atoms with E-state index in [1.165, 1.54) is 21.8 Å². The van der Waals surface area contributed by atoms with Crippen molar-refractivity contribution >= 4 is 77.0 Å². The second kappa shape index (κ2) is 8.30. The first kappa shape index (κ1) is 22.7. The monoisotopic (exact) mass is 549 g/mol. The third-order valence-corrected chi connectivity index (χ3v) is 8.82. The predicted molar refractivity (Wildman–Crippen MR) is 177 cm³/mol. The smallest absolute Gasteiger partial charge is 0.182 e. The SMILES string of the molecule is c1ccc2c(c1)nc1c3nc4ccc(-n5c6ccccc6c6ccccc65)cc4n3c3ccccc3c3ccccc3n21. The lowest BCUT2D eigenvalue weighted by molar-refractivity contribution is 1.18. The van der Waals surface area contributed by atoms with Crippen molar-refractivity contribution in [3.63, 3.8) is 0 Å². The minimum absolute atomic E-state index is 0.826. The summed E-state index contributed by atoms with van der Waals surface area (Å²) in [7, 11) is 0. The molecule has 0 aliphatic rings. The van der Waals surface area contributed by atoms with E-state index in [2.05, 4.69) is 147 Å². The van der Waals surface area contributed by atoms with Gasteiger partial charge in [-0.3, -0.25) is 8.80 Å². The van der Waals surface area contributed by atoms with E-state index in [0.717, 1.165) is 60.9 Å². The Labute approximate surface area is 245 Å². The molecule has 0 unspecified atom stereocenters. The van der Waals surface area contributed by atoms with Crippen LogP contribution in [0.25, 0.3) is 82.7 Å². The number of nitrogens with zero attached hydrogens (tertiary/aromatic N) is 5. The highest BCUT2D eigenvalue weighted by Crippen LogP contribution is 2.35. The molecule has 10 rings (SSSR count). The van der Waals surface area contributed by atoms with E-state index >= 15 is 0 Å². The first-order valence-corrected chi connectivity index (χ1v) is 14.5. The van der Waals surface area contributed by atoms with Gasteiger partial charge in [0.05, 0.1) is 44.1 Å². The molecule has 0 fully saturated rings. The molecular weight excluding hydrogens is 526 g/mol. The van der Waals surface area contributed by atoms with Gasteiger partial charge in [-0.05, 0) is 54.6 Å². The number of aromatic nitrogens is 5. The Kier molecular flexibility index (Phi) is 4.39. The van der Waals surface area contributed by atoms with Gasteiger partial charge < -0.3 is 4.57 Å². The van der Waals surface area contributed by atoms with Crippen molar-refractivity contribution in [3.8, 4) is 5.69 Å². The van der Waals surface area contributed by atoms with E-state index in [-0.39, 0.29) is 0 Å². The summed E-state index contributed by atoms with van der Waals surface area (Å²) in [6, 6.07) is 49.5. The second-order valence-corrected chi connectivity index (χ2v) is 11.1. The maximum Gasteiger partial charge on any atom is 0.182 e. The number of hydrogen-bond donors (Lipinski definition) is 0. The van der Waals surface area contributed by atoms with Crippen LogP contribution in [0.3, 0.4) is 0 Å². The molecule has 0 aliphatic heterocycles. The zero-order valence-corrected chi connectivity index (χ0v) is 23.0. The molecule has 10 aromatic rings. The van der Waals surface area contributed by atoms with Crippen LogP contribution < -0.4 is 0 Å². The summed E-state index contributed by atoms with van der Waals surface area (Å²) in [5, 5.41) is 4.81. The average molecular weight is 550 g/mol. The van der Waals surface area contributed by atoms with Gasteiger partial charge in [0.25, 0.3) is 0 Å². The predicted octanol–water partition coefficient (Wildman–Crippen LogP) is 9.25. The van der Waals surface area contributed by atoms with Crippen LogP contribution in [0.1, 0.15) is 0 Å². The normalized spacial score (nSPS) is 12.2. The molecule has 0 bridgehead atoms. The van der Waals surface area contributed by atoms with Gasteiger partial charge in [-0.15, -0.1) is 0 Å². The number of fused-ring (bicyclic) bond motifs is 15. The molecule has 0 saturated carbocycles. The van der Waals surface area contributed by atoms with Crippen LogP contribution in [0.2, 0.25) is 0 Å². The van der Waals surface area contributed by atoms with Crippen molar-refractivity contribution in [2.45, 2.75) is 0 Å². The summed E-state index contributed by atoms with van der Waals surface area (Å²) >= 11 is 0. The summed E-state index contributed by atoms with van der Waals surface area (Å²) in [5.74, 6) is 0. The quantitative estimate of drug-likeness (QED) is 0.205. The molecule has 4 aromatic heterocycles. The molecule has 0 amide bonds. The largest absolute Gasteiger partial charge is 0.309 e. The minimum atomic E-state index is 0.826. The summed E-state index contributed by atoms with van der Waals surface area (Å²) in [5.41, 5.74) is 11.3. The van der Waals surface area contributed by atoms with E-state index in [9.17, 15) is 0 Å². The Balaban J connectivity index is 1.45. The summed E-state index contributed by atoms with van der Waals surface area (Å²) < 4.78 is 6.94. The Bertz CT molecular complexity index is 2740. The number of imidazole rings is 2. The molecule has 0 saturated heterocycles. The average Bonchev–Trinajstić information content (AvgIpc) is 3.73. The van der Waals surface area contributed by atoms with Gasteiger partial charge in [0.15, 0.2) is 11.3 Å². The lowest BCUT2D eigenvalue weighted by Crippen LogP contribution is -1.96. The van der Waals surface area contributed by atoms with Gasteiger partial charge >= 0.3 is 0 Å². The zero-order valence-electron chi connectivity index (χ0n) is 23.0. The zero-order chi connectivity index (χ0) is 28.1. The van der Waals surface area contributed by atoms with Gasteiger partial charge in [0, 0.05) is 27.2 Å². The molecule has 43 heavy (non-hydrogen) atoms. The van der Waals surface area contributed by atoms with E-state index < -0.39 is 0 Å². The molecule has 0 spiro atoms. The fourth-order valence-electron chi connectivity index (χ4n) is 7.01. The van der Waals surface area contributed by atoms with Gasteiger partial charge in [-0.1, -0.05) is 84.9 Å². The summed E-state index contributed by atoms with van der Waals surface area (Å²) in [6.07, 6.45) is 0. The fraction of sp³-hybridized carbons (Fsp3) is 0. The summed E-state index contributed by atoms with van der Waals surface area (Å²) in [6.45, 7) is 0. The van der Waals surface area contributed by atoms with Gasteiger partial charge in [0.2, 0.25) is 0 Å². The molecule has 200 valence electrons. The number of hydrogen-bond acceptors (Lipinski definition) is 2. The van der Waals surface area contributed by atoms with Crippen LogP contribution in [-0.2, 0) is 0 Å². The highest BCUT2D eigenvalue weighted by Gasteiger charge is 2.18. The first-order chi connectivity index (χ1) is 21.3. The van der Waals surface area contributed by atoms with E-state index in [0.29, 0.717) is 0 Å². The first-order valence-electron chi connectivity index (χ1n) is 14.5. The topological polar surface area (TPSA) is 39.5 Å². The Hall–Kier alpha value is -5.94. The molecule has 4 heterocycles. The van der Waals surface area contributed by atoms with Crippen molar-refractivity contribution in [2.24, 2.45) is 0 Å². The van der Waals surface area contributed by atoms with Crippen LogP contribution in [0.4, 0.5) is 0 Å². The van der Waals surface area contributed by atoms with Gasteiger partial charge in [-0.25, -0.2) is 9.97 Å². The molecular formula is C38H23N5. The summed E-state index contributed by atoms with van der Waals surface area (Å²) in [4.78, 5) is 10.5. The Morgan fingerprint density at radius 2 is 0.767 bits per heavy atom. The molecule has 0 aliphatic carbocycles. The van der Waals surface area contributed by atoms with Crippen molar-refractivity contribution < 1.29 is 0 Å². The number of rotatable bonds is 1. The van der Waals surface area contributed by atoms with Crippen LogP contribution in [0.15, 0.2) is 140 Å². The molecule has 0 atom stereocenters. The van der Waals surface area contributed by atoms with Crippen molar-refractivity contribution in [2.75, 3.05) is 0 Å². The lowest BCUT2D eigenvalue weighted by atomic mass is 10.1. The second-order valence-electron chi connectivity index (χ2n) is 11.1. The van der Waals surface area contributed by atoms with Crippen LogP contribution in [0.5, 0.6) is 0 Å². The third-order valence-electron chi connectivity index (χ3n) is 8.82. The van der Waals surface area contributed by atoms with Gasteiger partial charge in [-0.2, -0.15) is 0 Å². The lowest BCUT2D eigenvalue weighted by Gasteiger charge is -2.10. The Morgan fingerprint density at radius 3 is 1.35 bits per heavy atom. The standard InChI is InChI=1S/C38H23N5/c1-6-16-31-25(11-1)26-12-2-7-17-32(26)41(31)24-21-22-30-36(23-24)43-34-19-9-4-14-28(34)27-13-3-8-18-33(27)42-35-20-10-5-15-29(35)39-37(42)38(43)40-30/h1-23H. The molecule has 6 aromatic carbocycles. The van der Waals surface area contributed by atoms with Crippen LogP contribution in [0, 0.1) is 0 Å². The third kappa shape index (κ3) is 3.00. The van der Waals surface area contributed by atoms with Gasteiger partial charge in [0.1, 0.15) is 0 Å². The van der Waals surface area contributed by atoms with E-state index in [1.807, 2.05) is 6.07 Å². The van der Waals surface area contributed by atoms with Crippen LogP contribution in [-0.4, -0.2) is 23.3 Å². The molecule has 5 heteroatoms. The fourth-order valence-corrected chi connectivity index (χ4v) is 7.01. The van der Waals surface area contributed by atoms with E-state index in [1.54, 1.807) is 0 Å². The number of benzene rings is 6. The highest BCUT2D eigenvalue weighted by molar-refractivity contribution is 6.10. The van der Waals surface area contributed by atoms with Crippen molar-refractivity contribution in [3.05, 3.63) is 140 Å². The van der Waals surface area contributed by atoms with E-state index in [4.69, 9.17) is 9.97 Å². The number of para-hydroxylation sites is 6. The molecule has 5 nitrogen and oxygen atoms in total.